The van der Waals surface area contributed by atoms with Gasteiger partial charge in [0.25, 0.3) is 0 Å². The van der Waals surface area contributed by atoms with Gasteiger partial charge in [0.15, 0.2) is 5.60 Å². The lowest BCUT2D eigenvalue weighted by Crippen LogP contribution is -2.55. The van der Waals surface area contributed by atoms with Crippen LogP contribution in [0.1, 0.15) is 11.1 Å². The Morgan fingerprint density at radius 2 is 1.27 bits per heavy atom. The number of aliphatic hydroxyl groups is 1. The first kappa shape index (κ1) is 16.4. The van der Waals surface area contributed by atoms with Gasteiger partial charge in [0, 0.05) is 0 Å². The molecule has 22 heavy (non-hydrogen) atoms. The van der Waals surface area contributed by atoms with Gasteiger partial charge in [0.05, 0.1) is 0 Å². The molecule has 0 aliphatic heterocycles. The van der Waals surface area contributed by atoms with E-state index in [1.165, 1.54) is 18.2 Å². The lowest BCUT2D eigenvalue weighted by Gasteiger charge is -2.37. The van der Waals surface area contributed by atoms with Crippen LogP contribution in [0.2, 0.25) is 0 Å². The predicted octanol–water partition coefficient (Wildman–Crippen LogP) is 4.26. The minimum Gasteiger partial charge on any atom is -0.374 e. The summed E-state index contributed by atoms with van der Waals surface area (Å²) in [4.78, 5) is 0. The van der Waals surface area contributed by atoms with Crippen molar-refractivity contribution in [2.24, 2.45) is 0 Å². The smallest absolute Gasteiger partial charge is 0.374 e. The van der Waals surface area contributed by atoms with Crippen LogP contribution < -0.4 is 0 Å². The summed E-state index contributed by atoms with van der Waals surface area (Å²) in [6, 6.07) is 8.72. The maximum atomic E-state index is 14.0. The molecular formula is C15H10F6O. The fraction of sp³-hybridized carbons (Fsp3) is 0.200. The Kier molecular flexibility index (Phi) is 3.95. The van der Waals surface area contributed by atoms with Gasteiger partial charge >= 0.3 is 12.1 Å². The molecule has 2 aromatic carbocycles. The summed E-state index contributed by atoms with van der Waals surface area (Å²) in [5, 5.41) is 10.3. The fourth-order valence-corrected chi connectivity index (χ4v) is 2.13. The van der Waals surface area contributed by atoms with Crippen molar-refractivity contribution in [3.05, 3.63) is 71.5 Å². The van der Waals surface area contributed by atoms with Gasteiger partial charge in [-0.2, -0.15) is 22.0 Å². The van der Waals surface area contributed by atoms with Crippen LogP contribution in [-0.4, -0.2) is 17.2 Å². The second-order valence-corrected chi connectivity index (χ2v) is 4.66. The molecule has 0 spiro atoms. The second kappa shape index (κ2) is 5.31. The van der Waals surface area contributed by atoms with E-state index in [2.05, 4.69) is 0 Å². The van der Waals surface area contributed by atoms with Gasteiger partial charge in [-0.05, 0) is 23.3 Å². The summed E-state index contributed by atoms with van der Waals surface area (Å²) in [6.07, 6.45) is -6.02. The molecule has 0 bridgehead atoms. The zero-order valence-corrected chi connectivity index (χ0v) is 10.9. The molecule has 1 nitrogen and oxygen atoms in total. The number of rotatable bonds is 3. The van der Waals surface area contributed by atoms with Crippen molar-refractivity contribution in [1.29, 1.82) is 0 Å². The highest BCUT2D eigenvalue weighted by Crippen LogP contribution is 2.51. The highest BCUT2D eigenvalue weighted by molar-refractivity contribution is 5.39. The maximum Gasteiger partial charge on any atom is 0.457 e. The molecule has 1 N–H and O–H groups in total. The molecule has 0 heterocycles. The van der Waals surface area contributed by atoms with Gasteiger partial charge in [-0.1, -0.05) is 42.5 Å². The molecule has 0 aliphatic rings. The molecule has 1 atom stereocenters. The highest BCUT2D eigenvalue weighted by atomic mass is 19.4. The van der Waals surface area contributed by atoms with Crippen molar-refractivity contribution < 1.29 is 31.4 Å². The lowest BCUT2D eigenvalue weighted by atomic mass is 9.80. The third kappa shape index (κ3) is 2.45. The molecule has 1 unspecified atom stereocenters. The molecule has 0 amide bonds. The minimum atomic E-state index is -6.02. The van der Waals surface area contributed by atoms with Crippen LogP contribution in [0.5, 0.6) is 0 Å². The summed E-state index contributed by atoms with van der Waals surface area (Å²) < 4.78 is 79.6. The van der Waals surface area contributed by atoms with Crippen LogP contribution in [0, 0.1) is 5.82 Å². The van der Waals surface area contributed by atoms with Crippen molar-refractivity contribution in [2.45, 2.75) is 17.7 Å². The Morgan fingerprint density at radius 3 is 1.77 bits per heavy atom. The van der Waals surface area contributed by atoms with Gasteiger partial charge in [-0.15, -0.1) is 0 Å². The Balaban J connectivity index is 2.76. The van der Waals surface area contributed by atoms with E-state index in [0.717, 1.165) is 30.3 Å². The third-order valence-corrected chi connectivity index (χ3v) is 3.24. The van der Waals surface area contributed by atoms with Gasteiger partial charge in [-0.3, -0.25) is 0 Å². The molecule has 2 rings (SSSR count). The van der Waals surface area contributed by atoms with Gasteiger partial charge in [0.1, 0.15) is 5.82 Å². The van der Waals surface area contributed by atoms with Gasteiger partial charge in [-0.25, -0.2) is 4.39 Å². The topological polar surface area (TPSA) is 20.2 Å². The first-order chi connectivity index (χ1) is 10.1. The van der Waals surface area contributed by atoms with Crippen molar-refractivity contribution >= 4 is 0 Å². The number of hydrogen-bond donors (Lipinski definition) is 1. The van der Waals surface area contributed by atoms with E-state index >= 15 is 0 Å². The molecule has 0 fully saturated rings. The van der Waals surface area contributed by atoms with Crippen LogP contribution >= 0.6 is 0 Å². The Morgan fingerprint density at radius 1 is 0.727 bits per heavy atom. The van der Waals surface area contributed by atoms with Gasteiger partial charge in [0.2, 0.25) is 0 Å². The molecule has 7 heteroatoms. The minimum absolute atomic E-state index is 0.451. The van der Waals surface area contributed by atoms with Crippen LogP contribution in [0.15, 0.2) is 54.6 Å². The van der Waals surface area contributed by atoms with Crippen LogP contribution in [-0.2, 0) is 5.60 Å². The molecular weight excluding hydrogens is 310 g/mol. The van der Waals surface area contributed by atoms with Crippen molar-refractivity contribution in [2.75, 3.05) is 0 Å². The fourth-order valence-electron chi connectivity index (χ4n) is 2.13. The average Bonchev–Trinajstić information content (AvgIpc) is 2.46. The third-order valence-electron chi connectivity index (χ3n) is 3.24. The van der Waals surface area contributed by atoms with E-state index in [0.29, 0.717) is 6.07 Å². The maximum absolute atomic E-state index is 14.0. The predicted molar refractivity (Wildman–Crippen MR) is 66.8 cm³/mol. The Bertz CT molecular complexity index is 653. The van der Waals surface area contributed by atoms with E-state index in [9.17, 15) is 31.4 Å². The van der Waals surface area contributed by atoms with E-state index in [1.807, 2.05) is 0 Å². The number of benzene rings is 2. The molecule has 0 radical (unpaired) electrons. The largest absolute Gasteiger partial charge is 0.457 e. The molecule has 0 aliphatic carbocycles. The molecule has 0 saturated carbocycles. The summed E-state index contributed by atoms with van der Waals surface area (Å²) in [5.74, 6) is -6.56. The Hall–Kier alpha value is -2.02. The number of alkyl halides is 5. The average molecular weight is 320 g/mol. The van der Waals surface area contributed by atoms with Crippen molar-refractivity contribution in [3.63, 3.8) is 0 Å². The normalized spacial score (nSPS) is 15.4. The summed E-state index contributed by atoms with van der Waals surface area (Å²) >= 11 is 0. The van der Waals surface area contributed by atoms with Gasteiger partial charge < -0.3 is 5.11 Å². The second-order valence-electron chi connectivity index (χ2n) is 4.66. The first-order valence-electron chi connectivity index (χ1n) is 6.09. The highest BCUT2D eigenvalue weighted by Gasteiger charge is 2.71. The van der Waals surface area contributed by atoms with Crippen LogP contribution in [0.25, 0.3) is 0 Å². The van der Waals surface area contributed by atoms with E-state index in [1.54, 1.807) is 0 Å². The van der Waals surface area contributed by atoms with E-state index in [4.69, 9.17) is 0 Å². The molecule has 0 aromatic heterocycles. The molecule has 2 aromatic rings. The monoisotopic (exact) mass is 320 g/mol. The summed E-state index contributed by atoms with van der Waals surface area (Å²) in [7, 11) is 0. The zero-order chi connectivity index (χ0) is 16.6. The van der Waals surface area contributed by atoms with Crippen molar-refractivity contribution in [3.8, 4) is 0 Å². The molecule has 118 valence electrons. The zero-order valence-electron chi connectivity index (χ0n) is 10.9. The van der Waals surface area contributed by atoms with Crippen LogP contribution in [0.3, 0.4) is 0 Å². The Labute approximate surface area is 121 Å². The molecule has 0 saturated heterocycles. The number of halogens is 6. The summed E-state index contributed by atoms with van der Waals surface area (Å²) in [5.41, 5.74) is -5.32. The van der Waals surface area contributed by atoms with Crippen molar-refractivity contribution in [1.82, 2.24) is 0 Å². The first-order valence-corrected chi connectivity index (χ1v) is 6.09. The quantitative estimate of drug-likeness (QED) is 0.838. The lowest BCUT2D eigenvalue weighted by molar-refractivity contribution is -0.336. The summed E-state index contributed by atoms with van der Waals surface area (Å²) in [6.45, 7) is 0. The standard InChI is InChI=1S/C15H10F6O/c16-12-8-4-7-11(9-12)13(22,10-5-2-1-3-6-10)14(17,18)15(19,20)21/h1-9,22H. The van der Waals surface area contributed by atoms with E-state index in [-0.39, 0.29) is 0 Å². The SMILES string of the molecule is OC(c1ccccc1)(c1cccc(F)c1)C(F)(F)C(F)(F)F. The van der Waals surface area contributed by atoms with E-state index < -0.39 is 34.6 Å². The number of hydrogen-bond acceptors (Lipinski definition) is 1. The van der Waals surface area contributed by atoms with Crippen LogP contribution in [0.4, 0.5) is 26.3 Å².